The fourth-order valence-corrected chi connectivity index (χ4v) is 3.83. The van der Waals surface area contributed by atoms with Gasteiger partial charge < -0.3 is 14.8 Å². The first-order chi connectivity index (χ1) is 8.86. The molecule has 1 N–H and O–H groups in total. The second-order valence-corrected chi connectivity index (χ2v) is 6.40. The quantitative estimate of drug-likeness (QED) is 0.838. The molecule has 2 aliphatic heterocycles. The Hall–Kier alpha value is -0.120. The third-order valence-corrected chi connectivity index (χ3v) is 4.93. The number of hydrogen-bond donors (Lipinski definition) is 1. The van der Waals surface area contributed by atoms with Gasteiger partial charge in [0, 0.05) is 19.6 Å². The number of rotatable bonds is 3. The zero-order chi connectivity index (χ0) is 12.3. The highest BCUT2D eigenvalue weighted by molar-refractivity contribution is 4.91. The van der Waals surface area contributed by atoms with Crippen LogP contribution in [0.1, 0.15) is 51.4 Å². The summed E-state index contributed by atoms with van der Waals surface area (Å²) < 4.78 is 12.2. The molecule has 0 aromatic heterocycles. The largest absolute Gasteiger partial charge is 0.378 e. The van der Waals surface area contributed by atoms with Crippen LogP contribution in [0, 0.1) is 5.92 Å². The van der Waals surface area contributed by atoms with Crippen LogP contribution in [0.3, 0.4) is 0 Å². The second kappa shape index (κ2) is 5.89. The van der Waals surface area contributed by atoms with Crippen molar-refractivity contribution in [2.24, 2.45) is 5.92 Å². The first-order valence-corrected chi connectivity index (χ1v) is 7.83. The van der Waals surface area contributed by atoms with Crippen molar-refractivity contribution in [3.63, 3.8) is 0 Å². The summed E-state index contributed by atoms with van der Waals surface area (Å²) in [7, 11) is 0. The third kappa shape index (κ3) is 3.06. The van der Waals surface area contributed by atoms with Gasteiger partial charge in [-0.05, 0) is 44.6 Å². The van der Waals surface area contributed by atoms with E-state index in [0.29, 0.717) is 6.10 Å². The van der Waals surface area contributed by atoms with Crippen LogP contribution in [0.15, 0.2) is 0 Å². The molecule has 1 saturated carbocycles. The molecule has 2 atom stereocenters. The van der Waals surface area contributed by atoms with E-state index < -0.39 is 0 Å². The highest BCUT2D eigenvalue weighted by atomic mass is 16.5. The zero-order valence-corrected chi connectivity index (χ0v) is 11.5. The number of ether oxygens (including phenoxy) is 2. The minimum atomic E-state index is 0.202. The molecule has 0 aromatic rings. The van der Waals surface area contributed by atoms with E-state index in [-0.39, 0.29) is 5.60 Å². The Kier molecular flexibility index (Phi) is 4.22. The lowest BCUT2D eigenvalue weighted by atomic mass is 9.90. The molecule has 0 radical (unpaired) electrons. The molecule has 3 fully saturated rings. The molecule has 0 amide bonds. The summed E-state index contributed by atoms with van der Waals surface area (Å²) in [5.41, 5.74) is 0.202. The van der Waals surface area contributed by atoms with E-state index in [9.17, 15) is 0 Å². The summed E-state index contributed by atoms with van der Waals surface area (Å²) in [6, 6.07) is 0. The van der Waals surface area contributed by atoms with Gasteiger partial charge in [0.2, 0.25) is 0 Å². The zero-order valence-electron chi connectivity index (χ0n) is 11.5. The first kappa shape index (κ1) is 12.9. The van der Waals surface area contributed by atoms with Crippen molar-refractivity contribution in [2.75, 3.05) is 26.3 Å². The van der Waals surface area contributed by atoms with Gasteiger partial charge in [0.15, 0.2) is 0 Å². The average Bonchev–Trinajstić information content (AvgIpc) is 2.86. The first-order valence-electron chi connectivity index (χ1n) is 7.83. The van der Waals surface area contributed by atoms with Crippen LogP contribution in [0.5, 0.6) is 0 Å². The Morgan fingerprint density at radius 2 is 2.06 bits per heavy atom. The van der Waals surface area contributed by atoms with Crippen LogP contribution >= 0.6 is 0 Å². The fourth-order valence-electron chi connectivity index (χ4n) is 3.83. The van der Waals surface area contributed by atoms with Crippen LogP contribution in [-0.2, 0) is 9.47 Å². The van der Waals surface area contributed by atoms with E-state index in [2.05, 4.69) is 5.32 Å². The van der Waals surface area contributed by atoms with E-state index in [0.717, 1.165) is 38.5 Å². The number of nitrogens with one attached hydrogen (secondary N) is 1. The van der Waals surface area contributed by atoms with Crippen LogP contribution in [-0.4, -0.2) is 38.0 Å². The smallest absolute Gasteiger partial charge is 0.0707 e. The van der Waals surface area contributed by atoms with Crippen molar-refractivity contribution in [2.45, 2.75) is 63.1 Å². The minimum absolute atomic E-state index is 0.202. The monoisotopic (exact) mass is 253 g/mol. The van der Waals surface area contributed by atoms with Gasteiger partial charge in [-0.2, -0.15) is 0 Å². The lowest BCUT2D eigenvalue weighted by Crippen LogP contribution is -2.41. The summed E-state index contributed by atoms with van der Waals surface area (Å²) in [6.07, 6.45) is 10.6. The topological polar surface area (TPSA) is 30.5 Å². The molecule has 104 valence electrons. The van der Waals surface area contributed by atoms with Gasteiger partial charge in [-0.1, -0.05) is 12.8 Å². The van der Waals surface area contributed by atoms with E-state index >= 15 is 0 Å². The second-order valence-electron chi connectivity index (χ2n) is 6.40. The molecule has 2 heterocycles. The molecule has 2 saturated heterocycles. The maximum Gasteiger partial charge on any atom is 0.0707 e. The lowest BCUT2D eigenvalue weighted by molar-refractivity contribution is -0.134. The van der Waals surface area contributed by atoms with Crippen molar-refractivity contribution < 1.29 is 9.47 Å². The fraction of sp³-hybridized carbons (Fsp3) is 1.00. The van der Waals surface area contributed by atoms with Gasteiger partial charge in [-0.15, -0.1) is 0 Å². The SMILES string of the molecule is C1CNCC(COC2CCOC3(CCCC3)C2)C1. The molecule has 3 nitrogen and oxygen atoms in total. The van der Waals surface area contributed by atoms with Crippen LogP contribution in [0.4, 0.5) is 0 Å². The van der Waals surface area contributed by atoms with Gasteiger partial charge in [0.05, 0.1) is 18.3 Å². The highest BCUT2D eigenvalue weighted by Gasteiger charge is 2.40. The molecule has 3 aliphatic rings. The molecule has 2 unspecified atom stereocenters. The Morgan fingerprint density at radius 3 is 2.83 bits per heavy atom. The molecule has 1 aliphatic carbocycles. The summed E-state index contributed by atoms with van der Waals surface area (Å²) >= 11 is 0. The van der Waals surface area contributed by atoms with Crippen LogP contribution in [0.2, 0.25) is 0 Å². The number of piperidine rings is 1. The Balaban J connectivity index is 1.44. The Labute approximate surface area is 111 Å². The van der Waals surface area contributed by atoms with Crippen molar-refractivity contribution in [3.8, 4) is 0 Å². The standard InChI is InChI=1S/C15H27NO2/c1-2-7-15(6-1)10-14(5-9-18-15)17-12-13-4-3-8-16-11-13/h13-14,16H,1-12H2. The Bertz CT molecular complexity index is 257. The van der Waals surface area contributed by atoms with E-state index in [1.807, 2.05) is 0 Å². The summed E-state index contributed by atoms with van der Waals surface area (Å²) in [4.78, 5) is 0. The summed E-state index contributed by atoms with van der Waals surface area (Å²) in [6.45, 7) is 4.20. The minimum Gasteiger partial charge on any atom is -0.378 e. The molecule has 0 bridgehead atoms. The number of hydrogen-bond acceptors (Lipinski definition) is 3. The van der Waals surface area contributed by atoms with Crippen LogP contribution in [0.25, 0.3) is 0 Å². The summed E-state index contributed by atoms with van der Waals surface area (Å²) in [5, 5.41) is 3.47. The molecule has 3 heteroatoms. The Morgan fingerprint density at radius 1 is 1.17 bits per heavy atom. The maximum atomic E-state index is 6.19. The van der Waals surface area contributed by atoms with Crippen molar-refractivity contribution in [1.29, 1.82) is 0 Å². The van der Waals surface area contributed by atoms with Gasteiger partial charge in [0.25, 0.3) is 0 Å². The van der Waals surface area contributed by atoms with Crippen molar-refractivity contribution in [1.82, 2.24) is 5.32 Å². The normalized spacial score (nSPS) is 36.0. The van der Waals surface area contributed by atoms with E-state index in [1.54, 1.807) is 0 Å². The highest BCUT2D eigenvalue weighted by Crippen LogP contribution is 2.40. The van der Waals surface area contributed by atoms with Crippen LogP contribution < -0.4 is 5.32 Å². The maximum absolute atomic E-state index is 6.19. The molecular formula is C15H27NO2. The molecular weight excluding hydrogens is 226 g/mol. The van der Waals surface area contributed by atoms with Gasteiger partial charge >= 0.3 is 0 Å². The molecule has 18 heavy (non-hydrogen) atoms. The van der Waals surface area contributed by atoms with E-state index in [1.165, 1.54) is 45.1 Å². The summed E-state index contributed by atoms with van der Waals surface area (Å²) in [5.74, 6) is 0.737. The molecule has 0 aromatic carbocycles. The van der Waals surface area contributed by atoms with Gasteiger partial charge in [0.1, 0.15) is 0 Å². The van der Waals surface area contributed by atoms with Crippen molar-refractivity contribution >= 4 is 0 Å². The van der Waals surface area contributed by atoms with Gasteiger partial charge in [-0.3, -0.25) is 0 Å². The van der Waals surface area contributed by atoms with Gasteiger partial charge in [-0.25, -0.2) is 0 Å². The van der Waals surface area contributed by atoms with E-state index in [4.69, 9.17) is 9.47 Å². The predicted octanol–water partition coefficient (Wildman–Crippen LogP) is 2.49. The predicted molar refractivity (Wildman–Crippen MR) is 71.7 cm³/mol. The lowest BCUT2D eigenvalue weighted by Gasteiger charge is -2.38. The molecule has 3 rings (SSSR count). The third-order valence-electron chi connectivity index (χ3n) is 4.93. The average molecular weight is 253 g/mol. The van der Waals surface area contributed by atoms with Crippen molar-refractivity contribution in [3.05, 3.63) is 0 Å². The molecule has 1 spiro atoms.